The zero-order valence-corrected chi connectivity index (χ0v) is 11.0. The molecule has 0 heterocycles. The van der Waals surface area contributed by atoms with Crippen LogP contribution in [0.25, 0.3) is 0 Å². The molecule has 4 atom stereocenters. The number of nitrogens with one attached hydrogen (secondary N) is 1. The van der Waals surface area contributed by atoms with E-state index in [9.17, 15) is 0 Å². The van der Waals surface area contributed by atoms with Crippen LogP contribution in [0.2, 0.25) is 0 Å². The van der Waals surface area contributed by atoms with Gasteiger partial charge in [0.2, 0.25) is 0 Å². The van der Waals surface area contributed by atoms with E-state index in [1.165, 1.54) is 32.1 Å². The number of hydrogen-bond acceptors (Lipinski definition) is 2. The monoisotopic (exact) mass is 225 g/mol. The molecule has 2 heteroatoms. The number of rotatable bonds is 5. The molecule has 2 nitrogen and oxygen atoms in total. The van der Waals surface area contributed by atoms with Gasteiger partial charge < -0.3 is 10.1 Å². The minimum atomic E-state index is 0.444. The fraction of sp³-hybridized carbons (Fsp3) is 1.00. The van der Waals surface area contributed by atoms with Crippen molar-refractivity contribution in [2.75, 3.05) is 13.7 Å². The molecule has 2 fully saturated rings. The molecule has 94 valence electrons. The Kier molecular flexibility index (Phi) is 4.26. The lowest BCUT2D eigenvalue weighted by Gasteiger charge is -2.39. The van der Waals surface area contributed by atoms with Crippen molar-refractivity contribution in [1.29, 1.82) is 0 Å². The van der Waals surface area contributed by atoms with Crippen molar-refractivity contribution in [1.82, 2.24) is 5.32 Å². The molecule has 0 aromatic carbocycles. The van der Waals surface area contributed by atoms with Gasteiger partial charge >= 0.3 is 0 Å². The highest BCUT2D eigenvalue weighted by molar-refractivity contribution is 4.88. The summed E-state index contributed by atoms with van der Waals surface area (Å²) in [6.45, 7) is 5.69. The molecule has 2 aliphatic carbocycles. The molecule has 16 heavy (non-hydrogen) atoms. The highest BCUT2D eigenvalue weighted by Gasteiger charge is 2.34. The third kappa shape index (κ3) is 3.21. The third-order valence-electron chi connectivity index (χ3n) is 4.29. The van der Waals surface area contributed by atoms with Crippen molar-refractivity contribution < 1.29 is 4.74 Å². The smallest absolute Gasteiger partial charge is 0.0753 e. The topological polar surface area (TPSA) is 21.3 Å². The van der Waals surface area contributed by atoms with Crippen LogP contribution in [0.15, 0.2) is 0 Å². The first kappa shape index (κ1) is 12.4. The maximum atomic E-state index is 6.14. The molecule has 2 rings (SSSR count). The van der Waals surface area contributed by atoms with E-state index in [1.54, 1.807) is 0 Å². The molecule has 0 aromatic heterocycles. The van der Waals surface area contributed by atoms with Crippen LogP contribution >= 0.6 is 0 Å². The minimum absolute atomic E-state index is 0.444. The van der Waals surface area contributed by atoms with Gasteiger partial charge in [-0.2, -0.15) is 0 Å². The van der Waals surface area contributed by atoms with Crippen LogP contribution in [0.3, 0.4) is 0 Å². The van der Waals surface area contributed by atoms with E-state index in [2.05, 4.69) is 26.2 Å². The summed E-state index contributed by atoms with van der Waals surface area (Å²) in [5.41, 5.74) is 0. The van der Waals surface area contributed by atoms with Crippen molar-refractivity contribution in [3.8, 4) is 0 Å². The first-order chi connectivity index (χ1) is 7.70. The van der Waals surface area contributed by atoms with E-state index < -0.39 is 0 Å². The summed E-state index contributed by atoms with van der Waals surface area (Å²) in [6, 6.07) is 0.568. The normalized spacial score (nSPS) is 39.9. The van der Waals surface area contributed by atoms with Crippen LogP contribution in [-0.2, 0) is 4.74 Å². The molecule has 2 aliphatic rings. The Hall–Kier alpha value is -0.0800. The second-order valence-electron chi connectivity index (χ2n) is 6.02. The Balaban J connectivity index is 1.78. The van der Waals surface area contributed by atoms with Gasteiger partial charge in [-0.15, -0.1) is 0 Å². The van der Waals surface area contributed by atoms with Crippen molar-refractivity contribution in [2.24, 2.45) is 17.8 Å². The summed E-state index contributed by atoms with van der Waals surface area (Å²) < 4.78 is 6.14. The quantitative estimate of drug-likeness (QED) is 0.777. The van der Waals surface area contributed by atoms with Gasteiger partial charge in [-0.05, 0) is 44.1 Å². The molecule has 0 aliphatic heterocycles. The van der Waals surface area contributed by atoms with E-state index in [0.717, 1.165) is 18.4 Å². The summed E-state index contributed by atoms with van der Waals surface area (Å²) in [4.78, 5) is 0. The van der Waals surface area contributed by atoms with Crippen LogP contribution in [0.4, 0.5) is 0 Å². The molecule has 0 bridgehead atoms. The van der Waals surface area contributed by atoms with E-state index in [0.29, 0.717) is 18.1 Å². The highest BCUT2D eigenvalue weighted by Crippen LogP contribution is 2.34. The first-order valence-corrected chi connectivity index (χ1v) is 6.99. The van der Waals surface area contributed by atoms with E-state index >= 15 is 0 Å². The van der Waals surface area contributed by atoms with E-state index in [1.807, 2.05) is 0 Å². The van der Waals surface area contributed by atoms with E-state index in [4.69, 9.17) is 4.74 Å². The summed E-state index contributed by atoms with van der Waals surface area (Å²) >= 11 is 0. The molecular formula is C14H27NO. The summed E-state index contributed by atoms with van der Waals surface area (Å²) in [7, 11) is 2.08. The zero-order valence-electron chi connectivity index (χ0n) is 11.0. The predicted molar refractivity (Wildman–Crippen MR) is 67.5 cm³/mol. The molecule has 0 saturated heterocycles. The lowest BCUT2D eigenvalue weighted by atomic mass is 9.78. The standard InChI is InChI=1S/C14H27NO/c1-10-8-11(2)14(13(9-10)15-3)16-7-6-12-4-5-12/h10-15H,4-9H2,1-3H3. The Morgan fingerprint density at radius 2 is 1.94 bits per heavy atom. The molecule has 0 spiro atoms. The SMILES string of the molecule is CNC1CC(C)CC(C)C1OCCC1CC1. The molecule has 2 saturated carbocycles. The Morgan fingerprint density at radius 1 is 1.19 bits per heavy atom. The van der Waals surface area contributed by atoms with Crippen LogP contribution < -0.4 is 5.32 Å². The van der Waals surface area contributed by atoms with Gasteiger partial charge in [0.05, 0.1) is 6.10 Å². The Morgan fingerprint density at radius 3 is 2.56 bits per heavy atom. The third-order valence-corrected chi connectivity index (χ3v) is 4.29. The van der Waals surface area contributed by atoms with Crippen LogP contribution in [0.1, 0.15) is 46.0 Å². The second kappa shape index (κ2) is 5.50. The maximum Gasteiger partial charge on any atom is 0.0753 e. The van der Waals surface area contributed by atoms with Crippen molar-refractivity contribution in [2.45, 2.75) is 58.1 Å². The molecule has 0 aromatic rings. The molecule has 4 unspecified atom stereocenters. The van der Waals surface area contributed by atoms with Gasteiger partial charge in [-0.1, -0.05) is 26.7 Å². The fourth-order valence-electron chi connectivity index (χ4n) is 3.17. The summed E-state index contributed by atoms with van der Waals surface area (Å²) in [5, 5.41) is 3.44. The molecule has 1 N–H and O–H groups in total. The summed E-state index contributed by atoms with van der Waals surface area (Å²) in [5.74, 6) is 2.54. The van der Waals surface area contributed by atoms with Gasteiger partial charge in [0.1, 0.15) is 0 Å². The average Bonchev–Trinajstić information content (AvgIpc) is 3.04. The van der Waals surface area contributed by atoms with Gasteiger partial charge in [-0.25, -0.2) is 0 Å². The molecular weight excluding hydrogens is 198 g/mol. The van der Waals surface area contributed by atoms with Gasteiger partial charge in [-0.3, -0.25) is 0 Å². The van der Waals surface area contributed by atoms with Gasteiger partial charge in [0.25, 0.3) is 0 Å². The number of ether oxygens (including phenoxy) is 1. The van der Waals surface area contributed by atoms with Crippen LogP contribution in [-0.4, -0.2) is 25.8 Å². The fourth-order valence-corrected chi connectivity index (χ4v) is 3.17. The lowest BCUT2D eigenvalue weighted by molar-refractivity contribution is -0.0379. The van der Waals surface area contributed by atoms with Gasteiger partial charge in [0.15, 0.2) is 0 Å². The van der Waals surface area contributed by atoms with Crippen molar-refractivity contribution >= 4 is 0 Å². The highest BCUT2D eigenvalue weighted by atomic mass is 16.5. The molecule has 0 radical (unpaired) electrons. The predicted octanol–water partition coefficient (Wildman–Crippen LogP) is 2.83. The largest absolute Gasteiger partial charge is 0.376 e. The second-order valence-corrected chi connectivity index (χ2v) is 6.02. The Bertz CT molecular complexity index is 215. The average molecular weight is 225 g/mol. The van der Waals surface area contributed by atoms with Crippen molar-refractivity contribution in [3.63, 3.8) is 0 Å². The van der Waals surface area contributed by atoms with Gasteiger partial charge in [0, 0.05) is 12.6 Å². The first-order valence-electron chi connectivity index (χ1n) is 6.99. The molecule has 0 amide bonds. The van der Waals surface area contributed by atoms with E-state index in [-0.39, 0.29) is 0 Å². The van der Waals surface area contributed by atoms with Crippen LogP contribution in [0, 0.1) is 17.8 Å². The maximum absolute atomic E-state index is 6.14. The zero-order chi connectivity index (χ0) is 11.5. The summed E-state index contributed by atoms with van der Waals surface area (Å²) in [6.07, 6.45) is 7.21. The number of hydrogen-bond donors (Lipinski definition) is 1. The lowest BCUT2D eigenvalue weighted by Crippen LogP contribution is -2.48. The van der Waals surface area contributed by atoms with Crippen LogP contribution in [0.5, 0.6) is 0 Å². The number of likely N-dealkylation sites (N-methyl/N-ethyl adjacent to an activating group) is 1. The minimum Gasteiger partial charge on any atom is -0.376 e. The van der Waals surface area contributed by atoms with Crippen molar-refractivity contribution in [3.05, 3.63) is 0 Å². The Labute approximate surface area is 100 Å².